The molecule has 1 aliphatic heterocycles. The van der Waals surface area contributed by atoms with Crippen LogP contribution in [0.25, 0.3) is 0 Å². The third-order valence-electron chi connectivity index (χ3n) is 3.94. The molecule has 0 aliphatic carbocycles. The third-order valence-corrected chi connectivity index (χ3v) is 3.94. The molecule has 1 aromatic rings. The van der Waals surface area contributed by atoms with Crippen molar-refractivity contribution >= 4 is 5.96 Å². The lowest BCUT2D eigenvalue weighted by molar-refractivity contribution is 0.245. The number of nitrogens with one attached hydrogen (secondary N) is 1. The Labute approximate surface area is 132 Å². The van der Waals surface area contributed by atoms with Crippen molar-refractivity contribution in [3.05, 3.63) is 42.5 Å². The first-order valence-electron chi connectivity index (χ1n) is 7.78. The molecule has 1 aliphatic rings. The average molecular weight is 302 g/mol. The lowest BCUT2D eigenvalue weighted by Crippen LogP contribution is -2.34. The number of para-hydroxylation sites is 1. The van der Waals surface area contributed by atoms with Crippen LogP contribution >= 0.6 is 0 Å². The Morgan fingerprint density at radius 2 is 2.18 bits per heavy atom. The van der Waals surface area contributed by atoms with Crippen LogP contribution in [0.3, 0.4) is 0 Å². The summed E-state index contributed by atoms with van der Waals surface area (Å²) in [7, 11) is 1.71. The van der Waals surface area contributed by atoms with E-state index in [9.17, 15) is 0 Å². The van der Waals surface area contributed by atoms with E-state index in [1.54, 1.807) is 13.2 Å². The summed E-state index contributed by atoms with van der Waals surface area (Å²) < 4.78 is 5.52. The van der Waals surface area contributed by atoms with E-state index in [1.807, 2.05) is 18.2 Å². The number of ether oxygens (including phenoxy) is 1. The molecule has 0 saturated carbocycles. The fourth-order valence-electron chi connectivity index (χ4n) is 2.82. The fraction of sp³-hybridized carbons (Fsp3) is 0.471. The van der Waals surface area contributed by atoms with Gasteiger partial charge in [-0.3, -0.25) is 9.89 Å². The highest BCUT2D eigenvalue weighted by atomic mass is 16.5. The zero-order valence-corrected chi connectivity index (χ0v) is 13.3. The molecule has 0 aromatic heterocycles. The standard InChI is InChI=1S/C17H26N4O/c1-3-10-19-17(18)20-13-15(21-11-6-7-12-21)14-8-4-5-9-16(14)22-2/h3-5,8-9,15H,1,6-7,10-13H2,2H3,(H3,18,19,20). The van der Waals surface area contributed by atoms with Gasteiger partial charge in [-0.05, 0) is 32.0 Å². The highest BCUT2D eigenvalue weighted by molar-refractivity contribution is 5.77. The van der Waals surface area contributed by atoms with E-state index >= 15 is 0 Å². The van der Waals surface area contributed by atoms with Gasteiger partial charge in [-0.25, -0.2) is 0 Å². The van der Waals surface area contributed by atoms with Crippen molar-refractivity contribution in [3.63, 3.8) is 0 Å². The number of guanidine groups is 1. The molecular weight excluding hydrogens is 276 g/mol. The SMILES string of the molecule is C=CCNC(N)=NCC(c1ccccc1OC)N1CCCC1. The van der Waals surface area contributed by atoms with Gasteiger partial charge in [0.1, 0.15) is 5.75 Å². The molecule has 1 heterocycles. The van der Waals surface area contributed by atoms with Crippen molar-refractivity contribution in [1.29, 1.82) is 0 Å². The highest BCUT2D eigenvalue weighted by Crippen LogP contribution is 2.31. The average Bonchev–Trinajstić information content (AvgIpc) is 3.07. The minimum atomic E-state index is 0.197. The molecule has 5 heteroatoms. The maximum Gasteiger partial charge on any atom is 0.188 e. The number of hydrogen-bond acceptors (Lipinski definition) is 3. The largest absolute Gasteiger partial charge is 0.496 e. The molecule has 5 nitrogen and oxygen atoms in total. The smallest absolute Gasteiger partial charge is 0.188 e. The summed E-state index contributed by atoms with van der Waals surface area (Å²) in [5.41, 5.74) is 7.07. The molecule has 0 radical (unpaired) electrons. The Morgan fingerprint density at radius 3 is 2.86 bits per heavy atom. The molecule has 2 rings (SSSR count). The van der Waals surface area contributed by atoms with Crippen molar-refractivity contribution in [3.8, 4) is 5.75 Å². The van der Waals surface area contributed by atoms with Crippen molar-refractivity contribution in [2.45, 2.75) is 18.9 Å². The third kappa shape index (κ3) is 4.24. The van der Waals surface area contributed by atoms with Crippen LogP contribution in [0.1, 0.15) is 24.4 Å². The van der Waals surface area contributed by atoms with Gasteiger partial charge in [0.25, 0.3) is 0 Å². The number of benzene rings is 1. The maximum absolute atomic E-state index is 5.90. The lowest BCUT2D eigenvalue weighted by atomic mass is 10.0. The Bertz CT molecular complexity index is 509. The lowest BCUT2D eigenvalue weighted by Gasteiger charge is -2.28. The Hall–Kier alpha value is -2.01. The minimum Gasteiger partial charge on any atom is -0.496 e. The van der Waals surface area contributed by atoms with Gasteiger partial charge < -0.3 is 15.8 Å². The second-order valence-corrected chi connectivity index (χ2v) is 5.40. The number of rotatable bonds is 7. The number of nitrogens with two attached hydrogens (primary N) is 1. The summed E-state index contributed by atoms with van der Waals surface area (Å²) in [6.07, 6.45) is 4.24. The zero-order chi connectivity index (χ0) is 15.8. The van der Waals surface area contributed by atoms with E-state index in [0.717, 1.165) is 18.8 Å². The Morgan fingerprint density at radius 1 is 1.45 bits per heavy atom. The normalized spacial score (nSPS) is 17.2. The van der Waals surface area contributed by atoms with Crippen LogP contribution in [0, 0.1) is 0 Å². The summed E-state index contributed by atoms with van der Waals surface area (Å²) in [6.45, 7) is 7.10. The predicted molar refractivity (Wildman–Crippen MR) is 91.2 cm³/mol. The Balaban J connectivity index is 2.17. The predicted octanol–water partition coefficient (Wildman–Crippen LogP) is 1.92. The molecule has 1 fully saturated rings. The minimum absolute atomic E-state index is 0.197. The van der Waals surface area contributed by atoms with Crippen LogP contribution in [-0.4, -0.2) is 44.1 Å². The van der Waals surface area contributed by atoms with Crippen LogP contribution in [0.2, 0.25) is 0 Å². The monoisotopic (exact) mass is 302 g/mol. The number of methoxy groups -OCH3 is 1. The van der Waals surface area contributed by atoms with Gasteiger partial charge in [0, 0.05) is 12.1 Å². The number of hydrogen-bond donors (Lipinski definition) is 2. The summed E-state index contributed by atoms with van der Waals surface area (Å²) in [5.74, 6) is 1.37. The first-order chi connectivity index (χ1) is 10.8. The van der Waals surface area contributed by atoms with E-state index in [1.165, 1.54) is 18.4 Å². The molecule has 1 saturated heterocycles. The van der Waals surface area contributed by atoms with Crippen LogP contribution in [0.5, 0.6) is 5.75 Å². The van der Waals surface area contributed by atoms with E-state index in [2.05, 4.69) is 27.9 Å². The number of aliphatic imine (C=N–C) groups is 1. The summed E-state index contributed by atoms with van der Waals surface area (Å²) >= 11 is 0. The van der Waals surface area contributed by atoms with Crippen molar-refractivity contribution in [1.82, 2.24) is 10.2 Å². The molecular formula is C17H26N4O. The van der Waals surface area contributed by atoms with Crippen molar-refractivity contribution < 1.29 is 4.74 Å². The first kappa shape index (κ1) is 16.4. The second-order valence-electron chi connectivity index (χ2n) is 5.40. The van der Waals surface area contributed by atoms with E-state index in [4.69, 9.17) is 10.5 Å². The van der Waals surface area contributed by atoms with Crippen molar-refractivity contribution in [2.75, 3.05) is 33.3 Å². The summed E-state index contributed by atoms with van der Waals surface area (Å²) in [6, 6.07) is 8.35. The van der Waals surface area contributed by atoms with Gasteiger partial charge in [0.2, 0.25) is 0 Å². The van der Waals surface area contributed by atoms with Crippen LogP contribution in [-0.2, 0) is 0 Å². The quantitative estimate of drug-likeness (QED) is 0.459. The zero-order valence-electron chi connectivity index (χ0n) is 13.3. The van der Waals surface area contributed by atoms with Crippen LogP contribution in [0.4, 0.5) is 0 Å². The van der Waals surface area contributed by atoms with Gasteiger partial charge in [-0.1, -0.05) is 24.3 Å². The topological polar surface area (TPSA) is 62.9 Å². The van der Waals surface area contributed by atoms with Crippen molar-refractivity contribution in [2.24, 2.45) is 10.7 Å². The molecule has 0 amide bonds. The molecule has 3 N–H and O–H groups in total. The van der Waals surface area contributed by atoms with Crippen LogP contribution < -0.4 is 15.8 Å². The first-order valence-corrected chi connectivity index (χ1v) is 7.78. The molecule has 0 spiro atoms. The van der Waals surface area contributed by atoms with Gasteiger partial charge >= 0.3 is 0 Å². The van der Waals surface area contributed by atoms with Gasteiger partial charge in [0.15, 0.2) is 5.96 Å². The Kier molecular flexibility index (Phi) is 6.27. The molecule has 0 bridgehead atoms. The summed E-state index contributed by atoms with van der Waals surface area (Å²) in [5, 5.41) is 3.02. The molecule has 1 atom stereocenters. The number of likely N-dealkylation sites (tertiary alicyclic amines) is 1. The van der Waals surface area contributed by atoms with Crippen LogP contribution in [0.15, 0.2) is 41.9 Å². The molecule has 22 heavy (non-hydrogen) atoms. The van der Waals surface area contributed by atoms with Gasteiger partial charge in [-0.2, -0.15) is 0 Å². The van der Waals surface area contributed by atoms with E-state index in [-0.39, 0.29) is 6.04 Å². The van der Waals surface area contributed by atoms with E-state index in [0.29, 0.717) is 19.0 Å². The summed E-state index contributed by atoms with van der Waals surface area (Å²) in [4.78, 5) is 6.96. The fourth-order valence-corrected chi connectivity index (χ4v) is 2.82. The maximum atomic E-state index is 5.90. The number of nitrogens with zero attached hydrogens (tertiary/aromatic N) is 2. The molecule has 1 aromatic carbocycles. The molecule has 120 valence electrons. The highest BCUT2D eigenvalue weighted by Gasteiger charge is 2.25. The second kappa shape index (κ2) is 8.44. The molecule has 1 unspecified atom stereocenters. The van der Waals surface area contributed by atoms with Gasteiger partial charge in [0.05, 0.1) is 19.7 Å². The van der Waals surface area contributed by atoms with E-state index < -0.39 is 0 Å². The van der Waals surface area contributed by atoms with Gasteiger partial charge in [-0.15, -0.1) is 6.58 Å².